The van der Waals surface area contributed by atoms with Gasteiger partial charge in [-0.25, -0.2) is 8.42 Å². The molecule has 1 fully saturated rings. The van der Waals surface area contributed by atoms with Gasteiger partial charge < -0.3 is 20.7 Å². The highest BCUT2D eigenvalue weighted by Gasteiger charge is 2.38. The van der Waals surface area contributed by atoms with Crippen LogP contribution in [0.2, 0.25) is 0 Å². The number of aliphatic hydroxyl groups is 2. The van der Waals surface area contributed by atoms with Crippen molar-refractivity contribution in [1.29, 1.82) is 0 Å². The van der Waals surface area contributed by atoms with Crippen LogP contribution in [0.5, 0.6) is 5.75 Å². The second kappa shape index (κ2) is 4.97. The molecule has 19 heavy (non-hydrogen) atoms. The Kier molecular flexibility index (Phi) is 3.68. The van der Waals surface area contributed by atoms with E-state index in [0.29, 0.717) is 5.75 Å². The van der Waals surface area contributed by atoms with E-state index in [1.807, 2.05) is 0 Å². The summed E-state index contributed by atoms with van der Waals surface area (Å²) in [7, 11) is -2.37. The molecule has 0 amide bonds. The summed E-state index contributed by atoms with van der Waals surface area (Å²) in [6.07, 6.45) is -2.15. The molecule has 1 aliphatic rings. The molecule has 1 saturated heterocycles. The van der Waals surface area contributed by atoms with Crippen molar-refractivity contribution < 1.29 is 23.4 Å². The lowest BCUT2D eigenvalue weighted by Gasteiger charge is -2.17. The predicted octanol–water partition coefficient (Wildman–Crippen LogP) is -0.996. The van der Waals surface area contributed by atoms with Gasteiger partial charge in [0.05, 0.1) is 25.0 Å². The van der Waals surface area contributed by atoms with Crippen molar-refractivity contribution in [2.45, 2.75) is 17.1 Å². The molecule has 1 aromatic rings. The highest BCUT2D eigenvalue weighted by molar-refractivity contribution is 7.89. The summed E-state index contributed by atoms with van der Waals surface area (Å²) in [5.41, 5.74) is 5.77. The van der Waals surface area contributed by atoms with Crippen molar-refractivity contribution in [3.05, 3.63) is 18.2 Å². The van der Waals surface area contributed by atoms with Gasteiger partial charge in [-0.1, -0.05) is 0 Å². The highest BCUT2D eigenvalue weighted by Crippen LogP contribution is 2.28. The summed E-state index contributed by atoms with van der Waals surface area (Å²) in [6, 6.07) is 4.25. The molecule has 0 saturated carbocycles. The van der Waals surface area contributed by atoms with E-state index in [1.165, 1.54) is 25.3 Å². The Morgan fingerprint density at radius 1 is 1.32 bits per heavy atom. The van der Waals surface area contributed by atoms with Crippen LogP contribution in [0.15, 0.2) is 23.1 Å². The molecule has 8 heteroatoms. The number of rotatable bonds is 3. The highest BCUT2D eigenvalue weighted by atomic mass is 32.2. The molecular formula is C11H16N2O5S. The topological polar surface area (TPSA) is 113 Å². The minimum atomic E-state index is -3.83. The van der Waals surface area contributed by atoms with E-state index in [4.69, 9.17) is 10.5 Å². The van der Waals surface area contributed by atoms with Gasteiger partial charge in [0, 0.05) is 19.2 Å². The molecule has 1 aliphatic heterocycles. The van der Waals surface area contributed by atoms with E-state index in [0.717, 1.165) is 4.31 Å². The Morgan fingerprint density at radius 2 is 1.89 bits per heavy atom. The van der Waals surface area contributed by atoms with Crippen molar-refractivity contribution in [2.24, 2.45) is 0 Å². The first-order valence-corrected chi connectivity index (χ1v) is 7.10. The Morgan fingerprint density at radius 3 is 2.37 bits per heavy atom. The van der Waals surface area contributed by atoms with Crippen molar-refractivity contribution in [3.63, 3.8) is 0 Å². The van der Waals surface area contributed by atoms with Crippen LogP contribution < -0.4 is 10.5 Å². The third-order valence-electron chi connectivity index (χ3n) is 3.06. The Hall–Kier alpha value is -1.35. The third-order valence-corrected chi connectivity index (χ3v) is 4.97. The molecule has 7 nitrogen and oxygen atoms in total. The smallest absolute Gasteiger partial charge is 0.245 e. The summed E-state index contributed by atoms with van der Waals surface area (Å²) >= 11 is 0. The molecule has 2 rings (SSSR count). The van der Waals surface area contributed by atoms with Crippen LogP contribution in [0, 0.1) is 0 Å². The SMILES string of the molecule is COc1ccc(S(=O)(=O)N2CC(O)C(O)C2)c(N)c1. The number of ether oxygens (including phenoxy) is 1. The lowest BCUT2D eigenvalue weighted by molar-refractivity contribution is 0.0572. The van der Waals surface area contributed by atoms with Crippen LogP contribution in [-0.4, -0.2) is 55.3 Å². The zero-order valence-corrected chi connectivity index (χ0v) is 11.2. The number of benzene rings is 1. The molecule has 0 bridgehead atoms. The van der Waals surface area contributed by atoms with Gasteiger partial charge in [0.1, 0.15) is 10.6 Å². The fraction of sp³-hybridized carbons (Fsp3) is 0.455. The first-order chi connectivity index (χ1) is 8.86. The number of nitrogens with two attached hydrogens (primary N) is 1. The summed E-state index contributed by atoms with van der Waals surface area (Å²) in [4.78, 5) is -0.0606. The van der Waals surface area contributed by atoms with Crippen molar-refractivity contribution in [2.75, 3.05) is 25.9 Å². The van der Waals surface area contributed by atoms with Crippen molar-refractivity contribution in [1.82, 2.24) is 4.31 Å². The van der Waals surface area contributed by atoms with E-state index in [1.54, 1.807) is 0 Å². The predicted molar refractivity (Wildman–Crippen MR) is 68.2 cm³/mol. The van der Waals surface area contributed by atoms with E-state index in [-0.39, 0.29) is 23.7 Å². The number of aliphatic hydroxyl groups excluding tert-OH is 2. The van der Waals surface area contributed by atoms with E-state index < -0.39 is 22.2 Å². The maximum Gasteiger partial charge on any atom is 0.245 e. The summed E-state index contributed by atoms with van der Waals surface area (Å²) in [6.45, 7) is -0.288. The summed E-state index contributed by atoms with van der Waals surface area (Å²) in [5, 5.41) is 18.8. The monoisotopic (exact) mass is 288 g/mol. The van der Waals surface area contributed by atoms with Crippen LogP contribution in [0.3, 0.4) is 0 Å². The van der Waals surface area contributed by atoms with Gasteiger partial charge in [-0.3, -0.25) is 0 Å². The van der Waals surface area contributed by atoms with Gasteiger partial charge in [-0.05, 0) is 12.1 Å². The van der Waals surface area contributed by atoms with Crippen molar-refractivity contribution in [3.8, 4) is 5.75 Å². The van der Waals surface area contributed by atoms with Crippen LogP contribution >= 0.6 is 0 Å². The lowest BCUT2D eigenvalue weighted by atomic mass is 10.3. The van der Waals surface area contributed by atoms with Crippen LogP contribution in [0.1, 0.15) is 0 Å². The number of hydrogen-bond donors (Lipinski definition) is 3. The van der Waals surface area contributed by atoms with Gasteiger partial charge in [0.25, 0.3) is 0 Å². The standard InChI is InChI=1S/C11H16N2O5S/c1-18-7-2-3-11(8(12)4-7)19(16,17)13-5-9(14)10(15)6-13/h2-4,9-10,14-15H,5-6,12H2,1H3. The van der Waals surface area contributed by atoms with Crippen molar-refractivity contribution >= 4 is 15.7 Å². The maximum atomic E-state index is 12.3. The average molecular weight is 288 g/mol. The number of sulfonamides is 1. The molecule has 1 aromatic carbocycles. The lowest BCUT2D eigenvalue weighted by Crippen LogP contribution is -2.30. The Balaban J connectivity index is 2.35. The number of nitrogen functional groups attached to an aromatic ring is 1. The minimum absolute atomic E-state index is 0.0606. The molecule has 106 valence electrons. The Bertz CT molecular complexity index is 564. The zero-order valence-electron chi connectivity index (χ0n) is 10.4. The third kappa shape index (κ3) is 2.52. The molecule has 1 heterocycles. The second-order valence-electron chi connectivity index (χ2n) is 4.36. The van der Waals surface area contributed by atoms with Gasteiger partial charge in [0.15, 0.2) is 0 Å². The molecule has 0 aliphatic carbocycles. The van der Waals surface area contributed by atoms with Crippen LogP contribution in [0.25, 0.3) is 0 Å². The maximum absolute atomic E-state index is 12.3. The number of hydrogen-bond acceptors (Lipinski definition) is 6. The molecule has 0 aromatic heterocycles. The number of anilines is 1. The van der Waals surface area contributed by atoms with Gasteiger partial charge in [-0.2, -0.15) is 4.31 Å². The molecule has 4 N–H and O–H groups in total. The van der Waals surface area contributed by atoms with Gasteiger partial charge in [0.2, 0.25) is 10.0 Å². The average Bonchev–Trinajstić information content (AvgIpc) is 2.70. The van der Waals surface area contributed by atoms with Gasteiger partial charge >= 0.3 is 0 Å². The largest absolute Gasteiger partial charge is 0.497 e. The van der Waals surface area contributed by atoms with Crippen LogP contribution in [0.4, 0.5) is 5.69 Å². The first kappa shape index (κ1) is 14.1. The molecule has 0 spiro atoms. The molecule has 0 radical (unpaired) electrons. The quantitative estimate of drug-likeness (QED) is 0.615. The normalized spacial score (nSPS) is 24.6. The molecule has 2 unspecified atom stereocenters. The molecule has 2 atom stereocenters. The number of methoxy groups -OCH3 is 1. The first-order valence-electron chi connectivity index (χ1n) is 5.66. The summed E-state index contributed by atoms with van der Waals surface area (Å²) < 4.78 is 30.6. The van der Waals surface area contributed by atoms with E-state index in [2.05, 4.69) is 0 Å². The van der Waals surface area contributed by atoms with Crippen LogP contribution in [-0.2, 0) is 10.0 Å². The number of nitrogens with zero attached hydrogens (tertiary/aromatic N) is 1. The fourth-order valence-electron chi connectivity index (χ4n) is 1.96. The molecular weight excluding hydrogens is 272 g/mol. The van der Waals surface area contributed by atoms with E-state index >= 15 is 0 Å². The van der Waals surface area contributed by atoms with E-state index in [9.17, 15) is 18.6 Å². The Labute approximate surface area is 111 Å². The minimum Gasteiger partial charge on any atom is -0.497 e. The zero-order chi connectivity index (χ0) is 14.2. The number of β-amino-alcohol motifs (C(OH)–C–C–N with tert-alkyl or cyclic N) is 2. The summed E-state index contributed by atoms with van der Waals surface area (Å²) in [5.74, 6) is 0.456. The second-order valence-corrected chi connectivity index (χ2v) is 6.27. The van der Waals surface area contributed by atoms with Gasteiger partial charge in [-0.15, -0.1) is 0 Å². The fourth-order valence-corrected chi connectivity index (χ4v) is 3.53.